The zero-order valence-corrected chi connectivity index (χ0v) is 23.7. The number of Topliss-reactive ketones (excluding diaryl/α,β-unsaturated/α-hetero) is 1. The van der Waals surface area contributed by atoms with Gasteiger partial charge < -0.3 is 0 Å². The summed E-state index contributed by atoms with van der Waals surface area (Å²) in [6.07, 6.45) is 1.25. The Balaban J connectivity index is 1.36. The molecule has 0 bridgehead atoms. The zero-order chi connectivity index (χ0) is 28.0. The fourth-order valence-corrected chi connectivity index (χ4v) is 10.8. The molecule has 1 heteroatoms. The van der Waals surface area contributed by atoms with Crippen molar-refractivity contribution in [3.63, 3.8) is 0 Å². The summed E-state index contributed by atoms with van der Waals surface area (Å²) in [5.74, 6) is 1.19. The second-order valence-corrected chi connectivity index (χ2v) is 13.5. The molecule has 0 amide bonds. The van der Waals surface area contributed by atoms with Crippen molar-refractivity contribution in [1.29, 1.82) is 0 Å². The van der Waals surface area contributed by atoms with E-state index in [2.05, 4.69) is 121 Å². The Morgan fingerprint density at radius 3 is 1.37 bits per heavy atom. The molecule has 1 unspecified atom stereocenters. The van der Waals surface area contributed by atoms with Crippen LogP contribution in [0, 0.1) is 5.41 Å². The first-order valence-corrected chi connectivity index (χ1v) is 15.7. The molecular formula is C42H28O. The van der Waals surface area contributed by atoms with Gasteiger partial charge in [0.1, 0.15) is 5.78 Å². The molecule has 1 spiro atoms. The van der Waals surface area contributed by atoms with Gasteiger partial charge in [0, 0.05) is 30.1 Å². The Labute approximate surface area is 249 Å². The minimum atomic E-state index is -0.134. The van der Waals surface area contributed by atoms with Gasteiger partial charge in [-0.1, -0.05) is 121 Å². The highest BCUT2D eigenvalue weighted by atomic mass is 16.1. The van der Waals surface area contributed by atoms with E-state index in [0.29, 0.717) is 18.6 Å². The molecule has 0 aromatic heterocycles. The van der Waals surface area contributed by atoms with Crippen molar-refractivity contribution in [3.8, 4) is 0 Å². The SMILES string of the molecule is O=C1C[C@@H]2c3cc4ccccc4c4cccc(c34)[C@@H]3c4ccccc4[C@H]4c5cccc6c5c(cc5ccccc56)[C@H](C1)C342. The number of ketones is 1. The number of hydrogen-bond acceptors (Lipinski definition) is 1. The Kier molecular flexibility index (Phi) is 4.03. The monoisotopic (exact) mass is 548 g/mol. The standard InChI is InChI=1S/C42H28O/c43-25-21-36-34-19-23-9-1-3-11-26(23)28-15-7-17-32(38(28)34)40-30-13-5-6-14-31(30)41-33-18-8-16-29-27-12-4-2-10-24(27)20-35(39(29)33)37(22-25)42(36,40)41/h1-20,36-37,40-41H,21-22H2/t36-,37+,40-,41-,42?/m0/s1. The van der Waals surface area contributed by atoms with E-state index in [1.54, 1.807) is 0 Å². The first-order valence-electron chi connectivity index (χ1n) is 15.7. The molecule has 43 heavy (non-hydrogen) atoms. The van der Waals surface area contributed by atoms with Crippen LogP contribution in [0.1, 0.15) is 69.9 Å². The second-order valence-electron chi connectivity index (χ2n) is 13.5. The topological polar surface area (TPSA) is 17.1 Å². The summed E-state index contributed by atoms with van der Waals surface area (Å²) >= 11 is 0. The summed E-state index contributed by atoms with van der Waals surface area (Å²) < 4.78 is 0. The first kappa shape index (κ1) is 22.8. The van der Waals surface area contributed by atoms with Crippen molar-refractivity contribution in [2.24, 2.45) is 5.41 Å². The Morgan fingerprint density at radius 2 is 0.860 bits per heavy atom. The van der Waals surface area contributed by atoms with Crippen molar-refractivity contribution in [2.45, 2.75) is 36.5 Å². The molecule has 1 saturated carbocycles. The molecule has 5 atom stereocenters. The minimum absolute atomic E-state index is 0.134. The lowest BCUT2D eigenvalue weighted by atomic mass is 9.42. The molecule has 0 aliphatic heterocycles. The van der Waals surface area contributed by atoms with E-state index in [9.17, 15) is 4.79 Å². The number of carbonyl (C=O) groups excluding carboxylic acids is 1. The zero-order valence-electron chi connectivity index (χ0n) is 23.7. The van der Waals surface area contributed by atoms with Gasteiger partial charge >= 0.3 is 0 Å². The van der Waals surface area contributed by atoms with Crippen LogP contribution in [-0.4, -0.2) is 5.78 Å². The predicted octanol–water partition coefficient (Wildman–Crippen LogP) is 10.1. The molecule has 1 nitrogen and oxygen atoms in total. The number of fused-ring (bicyclic) bond motifs is 11. The third-order valence-corrected chi connectivity index (χ3v) is 12.0. The predicted molar refractivity (Wildman–Crippen MR) is 175 cm³/mol. The summed E-state index contributed by atoms with van der Waals surface area (Å²) in [6.45, 7) is 0. The molecule has 202 valence electrons. The number of hydrogen-bond donors (Lipinski definition) is 0. The van der Waals surface area contributed by atoms with Crippen molar-refractivity contribution >= 4 is 48.9 Å². The van der Waals surface area contributed by atoms with Gasteiger partial charge in [0.15, 0.2) is 0 Å². The highest BCUT2D eigenvalue weighted by molar-refractivity contribution is 6.13. The van der Waals surface area contributed by atoms with Crippen LogP contribution in [0.4, 0.5) is 0 Å². The summed E-state index contributed by atoms with van der Waals surface area (Å²) in [4.78, 5) is 14.1. The summed E-state index contributed by atoms with van der Waals surface area (Å²) in [5.41, 5.74) is 8.52. The van der Waals surface area contributed by atoms with Crippen LogP contribution in [0.5, 0.6) is 0 Å². The van der Waals surface area contributed by atoms with Gasteiger partial charge in [0.05, 0.1) is 0 Å². The number of carbonyl (C=O) groups is 1. The van der Waals surface area contributed by atoms with Crippen LogP contribution in [0.3, 0.4) is 0 Å². The molecule has 11 rings (SSSR count). The van der Waals surface area contributed by atoms with Gasteiger partial charge in [-0.2, -0.15) is 0 Å². The first-order chi connectivity index (χ1) is 21.2. The van der Waals surface area contributed by atoms with Gasteiger partial charge in [-0.15, -0.1) is 0 Å². The van der Waals surface area contributed by atoms with Crippen LogP contribution < -0.4 is 0 Å². The second kappa shape index (κ2) is 7.60. The third kappa shape index (κ3) is 2.49. The number of benzene rings is 7. The fourth-order valence-electron chi connectivity index (χ4n) is 10.8. The van der Waals surface area contributed by atoms with E-state index in [1.807, 2.05) is 0 Å². The molecule has 1 fully saturated rings. The van der Waals surface area contributed by atoms with Gasteiger partial charge in [0.25, 0.3) is 0 Å². The van der Waals surface area contributed by atoms with E-state index in [0.717, 1.165) is 0 Å². The van der Waals surface area contributed by atoms with Crippen molar-refractivity contribution in [3.05, 3.63) is 155 Å². The summed E-state index contributed by atoms with van der Waals surface area (Å²) in [6, 6.07) is 45.9. The Bertz CT molecular complexity index is 2240. The maximum atomic E-state index is 14.1. The minimum Gasteiger partial charge on any atom is -0.300 e. The van der Waals surface area contributed by atoms with E-state index in [4.69, 9.17) is 0 Å². The summed E-state index contributed by atoms with van der Waals surface area (Å²) in [5, 5.41) is 10.6. The van der Waals surface area contributed by atoms with Crippen molar-refractivity contribution in [2.75, 3.05) is 0 Å². The Morgan fingerprint density at radius 1 is 0.442 bits per heavy atom. The van der Waals surface area contributed by atoms with E-state index < -0.39 is 0 Å². The molecular weight excluding hydrogens is 520 g/mol. The Hall–Kier alpha value is -4.75. The van der Waals surface area contributed by atoms with Crippen LogP contribution in [0.25, 0.3) is 43.1 Å². The summed E-state index contributed by atoms with van der Waals surface area (Å²) in [7, 11) is 0. The molecule has 7 aromatic carbocycles. The maximum absolute atomic E-state index is 14.1. The average molecular weight is 549 g/mol. The van der Waals surface area contributed by atoms with Crippen molar-refractivity contribution < 1.29 is 4.79 Å². The van der Waals surface area contributed by atoms with Crippen LogP contribution in [-0.2, 0) is 4.79 Å². The third-order valence-electron chi connectivity index (χ3n) is 12.0. The maximum Gasteiger partial charge on any atom is 0.134 e. The smallest absolute Gasteiger partial charge is 0.134 e. The molecule has 0 heterocycles. The van der Waals surface area contributed by atoms with E-state index in [1.165, 1.54) is 76.5 Å². The molecule has 7 aromatic rings. The van der Waals surface area contributed by atoms with Gasteiger partial charge in [-0.05, 0) is 88.3 Å². The molecule has 0 N–H and O–H groups in total. The molecule has 0 radical (unpaired) electrons. The van der Waals surface area contributed by atoms with E-state index >= 15 is 0 Å². The van der Waals surface area contributed by atoms with Gasteiger partial charge in [0.2, 0.25) is 0 Å². The van der Waals surface area contributed by atoms with E-state index in [-0.39, 0.29) is 29.1 Å². The van der Waals surface area contributed by atoms with Gasteiger partial charge in [-0.25, -0.2) is 0 Å². The normalized spacial score (nSPS) is 26.1. The van der Waals surface area contributed by atoms with Gasteiger partial charge in [-0.3, -0.25) is 4.79 Å². The molecule has 0 saturated heterocycles. The van der Waals surface area contributed by atoms with Crippen LogP contribution in [0.2, 0.25) is 0 Å². The lowest BCUT2D eigenvalue weighted by Crippen LogP contribution is -2.50. The average Bonchev–Trinajstić information content (AvgIpc) is 3.36. The highest BCUT2D eigenvalue weighted by Crippen LogP contribution is 2.78. The molecule has 4 aliphatic rings. The van der Waals surface area contributed by atoms with Crippen LogP contribution in [0.15, 0.2) is 121 Å². The quantitative estimate of drug-likeness (QED) is 0.172. The number of rotatable bonds is 0. The van der Waals surface area contributed by atoms with Crippen LogP contribution >= 0.6 is 0 Å². The van der Waals surface area contributed by atoms with Crippen molar-refractivity contribution in [1.82, 2.24) is 0 Å². The molecule has 4 aliphatic carbocycles. The lowest BCUT2D eigenvalue weighted by Gasteiger charge is -2.59. The fraction of sp³-hybridized carbons (Fsp3) is 0.167. The highest BCUT2D eigenvalue weighted by Gasteiger charge is 2.67. The lowest BCUT2D eigenvalue weighted by molar-refractivity contribution is -0.125. The largest absolute Gasteiger partial charge is 0.300 e.